The van der Waals surface area contributed by atoms with Crippen molar-refractivity contribution in [3.05, 3.63) is 53.8 Å². The van der Waals surface area contributed by atoms with Crippen molar-refractivity contribution < 1.29 is 23.5 Å². The molecule has 8 nitrogen and oxygen atoms in total. The molecule has 2 amide bonds. The van der Waals surface area contributed by atoms with Crippen LogP contribution < -0.4 is 16.1 Å². The predicted octanol–water partition coefficient (Wildman–Crippen LogP) is 4.08. The van der Waals surface area contributed by atoms with E-state index in [9.17, 15) is 18.8 Å². The molecule has 0 bridgehead atoms. The summed E-state index contributed by atoms with van der Waals surface area (Å²) in [5.74, 6) is -0.778. The van der Waals surface area contributed by atoms with Gasteiger partial charge in [-0.25, -0.2) is 14.2 Å². The topological polar surface area (TPSA) is 99.8 Å². The maximum atomic E-state index is 14.0. The van der Waals surface area contributed by atoms with Gasteiger partial charge in [0.25, 0.3) is 5.91 Å². The molecule has 2 rings (SSSR count). The van der Waals surface area contributed by atoms with Gasteiger partial charge in [0.05, 0.1) is 11.4 Å². The molecule has 0 saturated heterocycles. The second-order valence-electron chi connectivity index (χ2n) is 7.81. The largest absolute Gasteiger partial charge is 0.442 e. The fourth-order valence-corrected chi connectivity index (χ4v) is 2.57. The summed E-state index contributed by atoms with van der Waals surface area (Å²) in [5.41, 5.74) is 3.63. The molecule has 166 valence electrons. The minimum Gasteiger partial charge on any atom is -0.442 e. The van der Waals surface area contributed by atoms with E-state index < -0.39 is 23.6 Å². The van der Waals surface area contributed by atoms with Crippen LogP contribution in [0.5, 0.6) is 0 Å². The molecule has 3 N–H and O–H groups in total. The first-order chi connectivity index (χ1) is 14.5. The van der Waals surface area contributed by atoms with E-state index in [1.807, 2.05) is 0 Å². The molecule has 0 spiro atoms. The summed E-state index contributed by atoms with van der Waals surface area (Å²) in [4.78, 5) is 35.8. The molecule has 0 aromatic heterocycles. The van der Waals surface area contributed by atoms with Crippen LogP contribution in [0, 0.1) is 5.82 Å². The van der Waals surface area contributed by atoms with E-state index in [1.165, 1.54) is 32.2 Å². The van der Waals surface area contributed by atoms with Gasteiger partial charge in [-0.15, -0.1) is 0 Å². The molecular weight excluding hydrogens is 403 g/mol. The molecule has 0 fully saturated rings. The normalized spacial score (nSPS) is 11.8. The van der Waals surface area contributed by atoms with Crippen LogP contribution >= 0.6 is 0 Å². The molecule has 0 radical (unpaired) electrons. The quantitative estimate of drug-likeness (QED) is 0.452. The first kappa shape index (κ1) is 23.7. The Bertz CT molecular complexity index is 959. The minimum absolute atomic E-state index is 0.267. The summed E-state index contributed by atoms with van der Waals surface area (Å²) in [6, 6.07) is 9.65. The number of ether oxygens (including phenoxy) is 1. The van der Waals surface area contributed by atoms with Crippen molar-refractivity contribution in [2.75, 3.05) is 17.8 Å². The smallest absolute Gasteiger partial charge is 0.429 e. The first-order valence-corrected chi connectivity index (χ1v) is 9.67. The number of hydrogen-bond donors (Lipinski definition) is 3. The van der Waals surface area contributed by atoms with E-state index in [-0.39, 0.29) is 5.91 Å². The third-order valence-corrected chi connectivity index (χ3v) is 4.05. The highest BCUT2D eigenvalue weighted by atomic mass is 19.1. The number of hydrazine groups is 1. The first-order valence-electron chi connectivity index (χ1n) is 9.67. The van der Waals surface area contributed by atoms with Gasteiger partial charge in [-0.2, -0.15) is 0 Å². The molecular formula is C22H27FN4O4. The lowest BCUT2D eigenvalue weighted by molar-refractivity contribution is -0.111. The number of aldehydes is 1. The summed E-state index contributed by atoms with van der Waals surface area (Å²) in [7, 11) is 1.52. The molecule has 31 heavy (non-hydrogen) atoms. The van der Waals surface area contributed by atoms with Gasteiger partial charge in [-0.05, 0) is 64.1 Å². The Morgan fingerprint density at radius 2 is 1.84 bits per heavy atom. The number of nitrogens with zero attached hydrogens (tertiary/aromatic N) is 1. The number of amides is 2. The zero-order valence-corrected chi connectivity index (χ0v) is 18.2. The van der Waals surface area contributed by atoms with Gasteiger partial charge in [0.1, 0.15) is 23.7 Å². The van der Waals surface area contributed by atoms with Crippen LogP contribution in [0.25, 0.3) is 0 Å². The predicted molar refractivity (Wildman–Crippen MR) is 117 cm³/mol. The van der Waals surface area contributed by atoms with Crippen LogP contribution in [0.15, 0.2) is 42.5 Å². The lowest BCUT2D eigenvalue weighted by atomic mass is 10.1. The third kappa shape index (κ3) is 6.70. The van der Waals surface area contributed by atoms with E-state index in [2.05, 4.69) is 16.1 Å². The summed E-state index contributed by atoms with van der Waals surface area (Å²) < 4.78 is 19.3. The number of carbonyl (C=O) groups excluding carboxylic acids is 3. The van der Waals surface area contributed by atoms with Gasteiger partial charge in [-0.1, -0.05) is 6.07 Å². The molecule has 2 aromatic carbocycles. The number of carbonyl (C=O) groups is 3. The van der Waals surface area contributed by atoms with Crippen LogP contribution in [-0.2, 0) is 9.53 Å². The van der Waals surface area contributed by atoms with Gasteiger partial charge >= 0.3 is 6.09 Å². The molecule has 0 unspecified atom stereocenters. The van der Waals surface area contributed by atoms with Gasteiger partial charge in [0.2, 0.25) is 0 Å². The summed E-state index contributed by atoms with van der Waals surface area (Å²) in [6.07, 6.45) is -0.176. The fourth-order valence-electron chi connectivity index (χ4n) is 2.57. The minimum atomic E-state index is -0.857. The van der Waals surface area contributed by atoms with Crippen molar-refractivity contribution in [2.24, 2.45) is 0 Å². The molecule has 0 heterocycles. The van der Waals surface area contributed by atoms with E-state index in [4.69, 9.17) is 4.74 Å². The van der Waals surface area contributed by atoms with Crippen LogP contribution in [0.1, 0.15) is 38.1 Å². The molecule has 0 saturated carbocycles. The van der Waals surface area contributed by atoms with E-state index >= 15 is 0 Å². The number of halogens is 1. The van der Waals surface area contributed by atoms with Gasteiger partial charge in [0.15, 0.2) is 0 Å². The molecule has 1 atom stereocenters. The molecule has 2 aromatic rings. The highest BCUT2D eigenvalue weighted by Gasteiger charge is 2.27. The Morgan fingerprint density at radius 1 is 1.13 bits per heavy atom. The Labute approximate surface area is 180 Å². The Morgan fingerprint density at radius 3 is 2.45 bits per heavy atom. The average molecular weight is 430 g/mol. The van der Waals surface area contributed by atoms with E-state index in [0.29, 0.717) is 28.9 Å². The number of nitrogens with one attached hydrogen (secondary N) is 3. The fraction of sp³-hybridized carbons (Fsp3) is 0.318. The Kier molecular flexibility index (Phi) is 7.57. The van der Waals surface area contributed by atoms with Crippen molar-refractivity contribution >= 4 is 35.3 Å². The van der Waals surface area contributed by atoms with Crippen LogP contribution in [0.3, 0.4) is 0 Å². The summed E-state index contributed by atoms with van der Waals surface area (Å²) >= 11 is 0. The highest BCUT2D eigenvalue weighted by Crippen LogP contribution is 2.28. The number of rotatable bonds is 7. The second kappa shape index (κ2) is 9.92. The Balaban J connectivity index is 2.36. The van der Waals surface area contributed by atoms with Crippen LogP contribution in [-0.4, -0.2) is 42.0 Å². The Hall–Kier alpha value is -3.62. The third-order valence-electron chi connectivity index (χ3n) is 4.05. The number of anilines is 3. The maximum absolute atomic E-state index is 14.0. The zero-order valence-electron chi connectivity index (χ0n) is 18.2. The van der Waals surface area contributed by atoms with Gasteiger partial charge in [-0.3, -0.25) is 10.2 Å². The standard InChI is InChI=1S/C22H27FN4O4/c1-14(13-28)27(21(30)31-22(2,3)4)26-18-10-9-16(23)12-19(18)25-17-8-6-7-15(11-17)20(29)24-5/h6-14,25-26H,1-5H3,(H,24,29)/t14-/m0/s1. The second-order valence-corrected chi connectivity index (χ2v) is 7.81. The van der Waals surface area contributed by atoms with E-state index in [1.54, 1.807) is 45.0 Å². The SMILES string of the molecule is CNC(=O)c1cccc(Nc2cc(F)ccc2NN(C(=O)OC(C)(C)C)[C@@H](C)C=O)c1. The average Bonchev–Trinajstić information content (AvgIpc) is 2.71. The monoisotopic (exact) mass is 430 g/mol. The van der Waals surface area contributed by atoms with Crippen molar-refractivity contribution in [3.63, 3.8) is 0 Å². The summed E-state index contributed by atoms with van der Waals surface area (Å²) in [6.45, 7) is 6.64. The van der Waals surface area contributed by atoms with Crippen molar-refractivity contribution in [1.29, 1.82) is 0 Å². The number of benzene rings is 2. The van der Waals surface area contributed by atoms with E-state index in [0.717, 1.165) is 5.01 Å². The van der Waals surface area contributed by atoms with Gasteiger partial charge < -0.3 is 20.2 Å². The molecule has 9 heteroatoms. The van der Waals surface area contributed by atoms with Crippen molar-refractivity contribution in [3.8, 4) is 0 Å². The van der Waals surface area contributed by atoms with Crippen molar-refractivity contribution in [2.45, 2.75) is 39.3 Å². The maximum Gasteiger partial charge on any atom is 0.429 e. The lowest BCUT2D eigenvalue weighted by Crippen LogP contribution is -2.46. The van der Waals surface area contributed by atoms with Crippen LogP contribution in [0.4, 0.5) is 26.2 Å². The number of hydrogen-bond acceptors (Lipinski definition) is 6. The summed E-state index contributed by atoms with van der Waals surface area (Å²) in [5, 5.41) is 6.60. The molecule has 0 aliphatic carbocycles. The lowest BCUT2D eigenvalue weighted by Gasteiger charge is -2.31. The zero-order chi connectivity index (χ0) is 23.2. The van der Waals surface area contributed by atoms with Crippen molar-refractivity contribution in [1.82, 2.24) is 10.3 Å². The molecule has 0 aliphatic rings. The highest BCUT2D eigenvalue weighted by molar-refractivity contribution is 5.95. The van der Waals surface area contributed by atoms with Crippen LogP contribution in [0.2, 0.25) is 0 Å². The van der Waals surface area contributed by atoms with Gasteiger partial charge in [0, 0.05) is 18.3 Å². The molecule has 0 aliphatic heterocycles.